The molecule has 78 valence electrons. The fourth-order valence-corrected chi connectivity index (χ4v) is 2.49. The number of hydrogen-bond acceptors (Lipinski definition) is 1. The average Bonchev–Trinajstić information content (AvgIpc) is 2.03. The van der Waals surface area contributed by atoms with E-state index in [-0.39, 0.29) is 5.41 Å². The Balaban J connectivity index is 2.61. The molecule has 0 aliphatic heterocycles. The zero-order chi connectivity index (χ0) is 10.1. The Morgan fingerprint density at radius 2 is 2.00 bits per heavy atom. The number of aliphatic hydroxyl groups is 1. The molecule has 0 aromatic carbocycles. The highest BCUT2D eigenvalue weighted by Gasteiger charge is 2.36. The Morgan fingerprint density at radius 1 is 1.38 bits per heavy atom. The summed E-state index contributed by atoms with van der Waals surface area (Å²) in [4.78, 5) is 0. The molecular weight excluding hydrogens is 160 g/mol. The third-order valence-electron chi connectivity index (χ3n) is 3.72. The van der Waals surface area contributed by atoms with E-state index in [1.165, 1.54) is 25.7 Å². The van der Waals surface area contributed by atoms with E-state index in [1.54, 1.807) is 0 Å². The minimum absolute atomic E-state index is 0.123. The predicted molar refractivity (Wildman–Crippen MR) is 56.6 cm³/mol. The van der Waals surface area contributed by atoms with Crippen LogP contribution in [0.15, 0.2) is 0 Å². The second-order valence-corrected chi connectivity index (χ2v) is 6.10. The van der Waals surface area contributed by atoms with Crippen molar-refractivity contribution < 1.29 is 5.11 Å². The van der Waals surface area contributed by atoms with E-state index in [2.05, 4.69) is 27.7 Å². The molecule has 0 spiro atoms. The summed E-state index contributed by atoms with van der Waals surface area (Å²) < 4.78 is 0. The maximum absolute atomic E-state index is 9.32. The molecule has 1 saturated carbocycles. The van der Waals surface area contributed by atoms with E-state index in [0.29, 0.717) is 17.9 Å². The lowest BCUT2D eigenvalue weighted by Gasteiger charge is -2.42. The summed E-state index contributed by atoms with van der Waals surface area (Å²) in [5.41, 5.74) is 0.618. The SMILES string of the molecule is CC1(C)CCCC(C(C)(C)CO)C1. The first-order chi connectivity index (χ1) is 5.87. The van der Waals surface area contributed by atoms with Gasteiger partial charge in [-0.25, -0.2) is 0 Å². The van der Waals surface area contributed by atoms with Crippen LogP contribution in [-0.4, -0.2) is 11.7 Å². The van der Waals surface area contributed by atoms with Gasteiger partial charge in [-0.1, -0.05) is 34.1 Å². The molecule has 0 amide bonds. The Bertz CT molecular complexity index is 170. The zero-order valence-corrected chi connectivity index (χ0v) is 9.56. The van der Waals surface area contributed by atoms with Crippen molar-refractivity contribution in [2.24, 2.45) is 16.7 Å². The van der Waals surface area contributed by atoms with Gasteiger partial charge in [-0.05, 0) is 36.0 Å². The molecule has 0 radical (unpaired) electrons. The third kappa shape index (κ3) is 2.70. The van der Waals surface area contributed by atoms with Gasteiger partial charge in [0.15, 0.2) is 0 Å². The molecule has 0 heterocycles. The molecule has 0 aromatic heterocycles. The van der Waals surface area contributed by atoms with Crippen molar-refractivity contribution in [3.8, 4) is 0 Å². The Morgan fingerprint density at radius 3 is 2.46 bits per heavy atom. The van der Waals surface area contributed by atoms with Crippen molar-refractivity contribution in [3.05, 3.63) is 0 Å². The van der Waals surface area contributed by atoms with Gasteiger partial charge >= 0.3 is 0 Å². The van der Waals surface area contributed by atoms with E-state index in [4.69, 9.17) is 0 Å². The highest BCUT2D eigenvalue weighted by molar-refractivity contribution is 4.86. The summed E-state index contributed by atoms with van der Waals surface area (Å²) in [6.45, 7) is 9.42. The number of rotatable bonds is 2. The van der Waals surface area contributed by atoms with Crippen molar-refractivity contribution in [1.29, 1.82) is 0 Å². The van der Waals surface area contributed by atoms with E-state index in [9.17, 15) is 5.11 Å². The van der Waals surface area contributed by atoms with Gasteiger partial charge in [-0.2, -0.15) is 0 Å². The van der Waals surface area contributed by atoms with Crippen LogP contribution < -0.4 is 0 Å². The average molecular weight is 184 g/mol. The fourth-order valence-electron chi connectivity index (χ4n) is 2.49. The van der Waals surface area contributed by atoms with Gasteiger partial charge in [0, 0.05) is 6.61 Å². The molecule has 1 atom stereocenters. The van der Waals surface area contributed by atoms with Crippen molar-refractivity contribution >= 4 is 0 Å². The quantitative estimate of drug-likeness (QED) is 0.698. The molecule has 1 unspecified atom stereocenters. The second kappa shape index (κ2) is 3.61. The largest absolute Gasteiger partial charge is 0.396 e. The minimum atomic E-state index is 0.123. The van der Waals surface area contributed by atoms with E-state index in [1.807, 2.05) is 0 Å². The first-order valence-electron chi connectivity index (χ1n) is 5.48. The minimum Gasteiger partial charge on any atom is -0.396 e. The van der Waals surface area contributed by atoms with Crippen LogP contribution in [0.4, 0.5) is 0 Å². The summed E-state index contributed by atoms with van der Waals surface area (Å²) in [5, 5.41) is 9.32. The second-order valence-electron chi connectivity index (χ2n) is 6.10. The normalized spacial score (nSPS) is 28.8. The lowest BCUT2D eigenvalue weighted by Crippen LogP contribution is -2.34. The Kier molecular flexibility index (Phi) is 3.06. The molecule has 1 fully saturated rings. The molecule has 1 rings (SSSR count). The molecule has 1 aliphatic rings. The number of hydrogen-bond donors (Lipinski definition) is 1. The third-order valence-corrected chi connectivity index (χ3v) is 3.72. The molecule has 13 heavy (non-hydrogen) atoms. The Hall–Kier alpha value is -0.0400. The summed E-state index contributed by atoms with van der Waals surface area (Å²) in [6, 6.07) is 0. The smallest absolute Gasteiger partial charge is 0.0484 e. The van der Waals surface area contributed by atoms with Crippen LogP contribution in [-0.2, 0) is 0 Å². The molecule has 1 N–H and O–H groups in total. The van der Waals surface area contributed by atoms with Crippen LogP contribution in [0.5, 0.6) is 0 Å². The number of aliphatic hydroxyl groups excluding tert-OH is 1. The van der Waals surface area contributed by atoms with Crippen LogP contribution in [0.3, 0.4) is 0 Å². The van der Waals surface area contributed by atoms with E-state index >= 15 is 0 Å². The van der Waals surface area contributed by atoms with Crippen molar-refractivity contribution in [2.45, 2.75) is 53.4 Å². The molecule has 0 aromatic rings. The maximum atomic E-state index is 9.32. The predicted octanol–water partition coefficient (Wildman–Crippen LogP) is 3.22. The van der Waals surface area contributed by atoms with Gasteiger partial charge in [0.05, 0.1) is 0 Å². The standard InChI is InChI=1S/C12H24O/c1-11(2)7-5-6-10(8-11)12(3,4)9-13/h10,13H,5-9H2,1-4H3. The van der Waals surface area contributed by atoms with Crippen LogP contribution in [0.1, 0.15) is 53.4 Å². The van der Waals surface area contributed by atoms with Gasteiger partial charge in [-0.3, -0.25) is 0 Å². The Labute approximate surface area is 82.5 Å². The molecule has 1 aliphatic carbocycles. The van der Waals surface area contributed by atoms with Gasteiger partial charge in [-0.15, -0.1) is 0 Å². The molecule has 1 nitrogen and oxygen atoms in total. The molecule has 0 bridgehead atoms. The van der Waals surface area contributed by atoms with Gasteiger partial charge in [0.2, 0.25) is 0 Å². The first-order valence-corrected chi connectivity index (χ1v) is 5.48. The van der Waals surface area contributed by atoms with Gasteiger partial charge in [0.25, 0.3) is 0 Å². The van der Waals surface area contributed by atoms with Crippen LogP contribution in [0.25, 0.3) is 0 Å². The topological polar surface area (TPSA) is 20.2 Å². The van der Waals surface area contributed by atoms with Crippen LogP contribution >= 0.6 is 0 Å². The van der Waals surface area contributed by atoms with Crippen molar-refractivity contribution in [1.82, 2.24) is 0 Å². The summed E-state index contributed by atoms with van der Waals surface area (Å²) in [7, 11) is 0. The highest BCUT2D eigenvalue weighted by atomic mass is 16.3. The van der Waals surface area contributed by atoms with E-state index in [0.717, 1.165) is 0 Å². The first kappa shape index (κ1) is 11.0. The highest BCUT2D eigenvalue weighted by Crippen LogP contribution is 2.45. The van der Waals surface area contributed by atoms with Crippen molar-refractivity contribution in [3.63, 3.8) is 0 Å². The lowest BCUT2D eigenvalue weighted by atomic mass is 9.64. The van der Waals surface area contributed by atoms with Crippen LogP contribution in [0, 0.1) is 16.7 Å². The van der Waals surface area contributed by atoms with E-state index < -0.39 is 0 Å². The summed E-state index contributed by atoms with van der Waals surface area (Å²) in [5.74, 6) is 0.709. The molecule has 0 saturated heterocycles. The summed E-state index contributed by atoms with van der Waals surface area (Å²) >= 11 is 0. The molecular formula is C12H24O. The fraction of sp³-hybridized carbons (Fsp3) is 1.00. The van der Waals surface area contributed by atoms with Crippen LogP contribution in [0.2, 0.25) is 0 Å². The summed E-state index contributed by atoms with van der Waals surface area (Å²) in [6.07, 6.45) is 5.27. The lowest BCUT2D eigenvalue weighted by molar-refractivity contribution is 0.0363. The zero-order valence-electron chi connectivity index (χ0n) is 9.56. The van der Waals surface area contributed by atoms with Gasteiger partial charge < -0.3 is 5.11 Å². The monoisotopic (exact) mass is 184 g/mol. The van der Waals surface area contributed by atoms with Crippen molar-refractivity contribution in [2.75, 3.05) is 6.61 Å². The maximum Gasteiger partial charge on any atom is 0.0484 e. The van der Waals surface area contributed by atoms with Gasteiger partial charge in [0.1, 0.15) is 0 Å². The molecule has 1 heteroatoms.